The largest absolute Gasteiger partial charge is 0.495 e. The van der Waals surface area contributed by atoms with Crippen molar-refractivity contribution in [3.8, 4) is 5.75 Å². The summed E-state index contributed by atoms with van der Waals surface area (Å²) in [6.45, 7) is 5.00. The van der Waals surface area contributed by atoms with Crippen LogP contribution in [-0.4, -0.2) is 32.9 Å². The molecule has 1 aliphatic rings. The molecule has 1 fully saturated rings. The van der Waals surface area contributed by atoms with E-state index >= 15 is 0 Å². The van der Waals surface area contributed by atoms with Crippen LogP contribution in [0.25, 0.3) is 0 Å². The van der Waals surface area contributed by atoms with Crippen molar-refractivity contribution in [1.29, 1.82) is 0 Å². The number of thiophene rings is 1. The lowest BCUT2D eigenvalue weighted by Crippen LogP contribution is -2.38. The average Bonchev–Trinajstić information content (AvgIpc) is 3.11. The van der Waals surface area contributed by atoms with Gasteiger partial charge >= 0.3 is 0 Å². The first-order valence-corrected chi connectivity index (χ1v) is 10.4. The van der Waals surface area contributed by atoms with Crippen molar-refractivity contribution >= 4 is 21.4 Å². The minimum absolute atomic E-state index is 0.280. The van der Waals surface area contributed by atoms with Gasteiger partial charge in [-0.15, -0.1) is 11.3 Å². The molecule has 0 unspecified atom stereocenters. The predicted octanol–water partition coefficient (Wildman–Crippen LogP) is 3.94. The lowest BCUT2D eigenvalue weighted by Gasteiger charge is -2.31. The van der Waals surface area contributed by atoms with E-state index in [1.807, 2.05) is 13.8 Å². The van der Waals surface area contributed by atoms with Gasteiger partial charge in [-0.2, -0.15) is 4.31 Å². The van der Waals surface area contributed by atoms with E-state index in [1.165, 1.54) is 12.0 Å². The van der Waals surface area contributed by atoms with Gasteiger partial charge in [0.1, 0.15) is 10.6 Å². The summed E-state index contributed by atoms with van der Waals surface area (Å²) >= 11 is 1.76. The fourth-order valence-electron chi connectivity index (χ4n) is 3.17. The molecule has 0 saturated carbocycles. The molecule has 24 heavy (non-hydrogen) atoms. The molecule has 3 rings (SSSR count). The number of hydrogen-bond acceptors (Lipinski definition) is 4. The molecule has 1 aromatic carbocycles. The van der Waals surface area contributed by atoms with Gasteiger partial charge in [0.05, 0.1) is 7.11 Å². The summed E-state index contributed by atoms with van der Waals surface area (Å²) < 4.78 is 33.1. The van der Waals surface area contributed by atoms with Crippen LogP contribution >= 0.6 is 11.3 Å². The molecule has 1 aromatic heterocycles. The number of rotatable bonds is 4. The number of piperidine rings is 1. The number of aryl methyl sites for hydroxylation is 2. The summed E-state index contributed by atoms with van der Waals surface area (Å²) in [6, 6.07) is 7.74. The number of nitrogens with zero attached hydrogens (tertiary/aromatic N) is 1. The molecule has 6 heteroatoms. The molecule has 2 aromatic rings. The van der Waals surface area contributed by atoms with E-state index in [9.17, 15) is 8.42 Å². The number of sulfonamides is 1. The Morgan fingerprint density at radius 2 is 1.83 bits per heavy atom. The van der Waals surface area contributed by atoms with Crippen molar-refractivity contribution in [3.05, 3.63) is 45.6 Å². The third kappa shape index (κ3) is 3.23. The third-order valence-corrected chi connectivity index (χ3v) is 7.75. The molecule has 0 aliphatic carbocycles. The molecule has 1 aliphatic heterocycles. The number of benzene rings is 1. The summed E-state index contributed by atoms with van der Waals surface area (Å²) in [6.07, 6.45) is 1.74. The van der Waals surface area contributed by atoms with Gasteiger partial charge in [-0.05, 0) is 67.3 Å². The molecule has 4 nitrogen and oxygen atoms in total. The second-order valence-corrected chi connectivity index (χ2v) is 9.17. The summed E-state index contributed by atoms with van der Waals surface area (Å²) in [5, 5.41) is 2.08. The lowest BCUT2D eigenvalue weighted by atomic mass is 9.97. The van der Waals surface area contributed by atoms with Gasteiger partial charge in [-0.3, -0.25) is 0 Å². The quantitative estimate of drug-likeness (QED) is 0.824. The number of ether oxygens (including phenoxy) is 1. The van der Waals surface area contributed by atoms with Crippen LogP contribution in [0.4, 0.5) is 0 Å². The third-order valence-electron chi connectivity index (χ3n) is 4.80. The highest BCUT2D eigenvalue weighted by molar-refractivity contribution is 7.89. The molecule has 1 saturated heterocycles. The van der Waals surface area contributed by atoms with Gasteiger partial charge in [0, 0.05) is 18.0 Å². The normalized spacial score (nSPS) is 17.1. The van der Waals surface area contributed by atoms with E-state index in [4.69, 9.17) is 4.74 Å². The summed E-state index contributed by atoms with van der Waals surface area (Å²) in [4.78, 5) is 1.64. The van der Waals surface area contributed by atoms with Crippen molar-refractivity contribution in [2.45, 2.75) is 37.5 Å². The van der Waals surface area contributed by atoms with E-state index in [1.54, 1.807) is 27.8 Å². The number of hydrogen-bond donors (Lipinski definition) is 0. The maximum absolute atomic E-state index is 13.1. The van der Waals surface area contributed by atoms with Crippen LogP contribution in [-0.2, 0) is 10.0 Å². The van der Waals surface area contributed by atoms with Crippen LogP contribution in [0.15, 0.2) is 34.5 Å². The molecular formula is C18H23NO3S2. The molecule has 130 valence electrons. The fraction of sp³-hybridized carbons (Fsp3) is 0.444. The first-order valence-electron chi connectivity index (χ1n) is 8.12. The molecule has 0 bridgehead atoms. The van der Waals surface area contributed by atoms with E-state index in [0.717, 1.165) is 24.0 Å². The van der Waals surface area contributed by atoms with Crippen LogP contribution in [0.2, 0.25) is 0 Å². The minimum atomic E-state index is -3.52. The van der Waals surface area contributed by atoms with Crippen molar-refractivity contribution < 1.29 is 13.2 Å². The second-order valence-electron chi connectivity index (χ2n) is 6.28. The molecule has 0 spiro atoms. The summed E-state index contributed by atoms with van der Waals surface area (Å²) in [5.41, 5.74) is 1.99. The van der Waals surface area contributed by atoms with Gasteiger partial charge < -0.3 is 4.74 Å². The van der Waals surface area contributed by atoms with E-state index in [0.29, 0.717) is 24.8 Å². The first kappa shape index (κ1) is 17.5. The first-order chi connectivity index (χ1) is 11.4. The monoisotopic (exact) mass is 365 g/mol. The highest BCUT2D eigenvalue weighted by atomic mass is 32.2. The van der Waals surface area contributed by atoms with Crippen LogP contribution in [0.5, 0.6) is 5.75 Å². The molecule has 2 heterocycles. The fourth-order valence-corrected chi connectivity index (χ4v) is 5.76. The highest BCUT2D eigenvalue weighted by Gasteiger charge is 2.32. The lowest BCUT2D eigenvalue weighted by molar-refractivity contribution is 0.319. The van der Waals surface area contributed by atoms with Crippen molar-refractivity contribution in [1.82, 2.24) is 4.31 Å². The zero-order valence-electron chi connectivity index (χ0n) is 14.3. The van der Waals surface area contributed by atoms with Crippen molar-refractivity contribution in [2.24, 2.45) is 0 Å². The second kappa shape index (κ2) is 6.86. The molecule has 0 radical (unpaired) electrons. The zero-order chi connectivity index (χ0) is 17.3. The predicted molar refractivity (Wildman–Crippen MR) is 97.5 cm³/mol. The molecular weight excluding hydrogens is 342 g/mol. The van der Waals surface area contributed by atoms with E-state index < -0.39 is 10.0 Å². The summed E-state index contributed by atoms with van der Waals surface area (Å²) in [7, 11) is -2.00. The standard InChI is InChI=1S/C18H23NO3S2/c1-13-11-16(22-3)18(12-14(13)2)24(20,21)19-8-6-15(7-9-19)17-5-4-10-23-17/h4-5,10-12,15H,6-9H2,1-3H3. The molecule has 0 amide bonds. The Morgan fingerprint density at radius 3 is 2.42 bits per heavy atom. The minimum Gasteiger partial charge on any atom is -0.495 e. The van der Waals surface area contributed by atoms with Crippen LogP contribution < -0.4 is 4.74 Å². The zero-order valence-corrected chi connectivity index (χ0v) is 15.9. The Morgan fingerprint density at radius 1 is 1.17 bits per heavy atom. The number of methoxy groups -OCH3 is 1. The van der Waals surface area contributed by atoms with Crippen molar-refractivity contribution in [2.75, 3.05) is 20.2 Å². The van der Waals surface area contributed by atoms with Gasteiger partial charge in [-0.25, -0.2) is 8.42 Å². The Bertz CT molecular complexity index is 805. The van der Waals surface area contributed by atoms with E-state index in [2.05, 4.69) is 17.5 Å². The molecule has 0 atom stereocenters. The van der Waals surface area contributed by atoms with E-state index in [-0.39, 0.29) is 4.90 Å². The molecule has 0 N–H and O–H groups in total. The van der Waals surface area contributed by atoms with Gasteiger partial charge in [0.25, 0.3) is 0 Å². The maximum Gasteiger partial charge on any atom is 0.246 e. The van der Waals surface area contributed by atoms with Gasteiger partial charge in [0.15, 0.2) is 0 Å². The SMILES string of the molecule is COc1cc(C)c(C)cc1S(=O)(=O)N1CCC(c2cccs2)CC1. The van der Waals surface area contributed by atoms with Crippen LogP contribution in [0.1, 0.15) is 34.8 Å². The smallest absolute Gasteiger partial charge is 0.246 e. The van der Waals surface area contributed by atoms with Crippen LogP contribution in [0, 0.1) is 13.8 Å². The highest BCUT2D eigenvalue weighted by Crippen LogP contribution is 2.35. The maximum atomic E-state index is 13.1. The topological polar surface area (TPSA) is 46.6 Å². The Labute approximate surface area is 148 Å². The Kier molecular flexibility index (Phi) is 4.99. The summed E-state index contributed by atoms with van der Waals surface area (Å²) in [5.74, 6) is 0.900. The van der Waals surface area contributed by atoms with Gasteiger partial charge in [0.2, 0.25) is 10.0 Å². The Hall–Kier alpha value is -1.37. The van der Waals surface area contributed by atoms with Gasteiger partial charge in [-0.1, -0.05) is 6.07 Å². The van der Waals surface area contributed by atoms with Crippen LogP contribution in [0.3, 0.4) is 0 Å². The Balaban J connectivity index is 1.83. The average molecular weight is 366 g/mol. The van der Waals surface area contributed by atoms with Crippen molar-refractivity contribution in [3.63, 3.8) is 0 Å².